The topological polar surface area (TPSA) is 73.1 Å². The molecule has 0 N–H and O–H groups in total. The molecule has 2 aromatic heterocycles. The van der Waals surface area contributed by atoms with Crippen molar-refractivity contribution in [1.82, 2.24) is 24.6 Å². The van der Waals surface area contributed by atoms with E-state index in [1.807, 2.05) is 9.95 Å². The van der Waals surface area contributed by atoms with Crippen LogP contribution >= 0.6 is 34.5 Å². The van der Waals surface area contributed by atoms with Crippen molar-refractivity contribution >= 4 is 40.4 Å². The fourth-order valence-corrected chi connectivity index (χ4v) is 4.13. The molecule has 7 nitrogen and oxygen atoms in total. The van der Waals surface area contributed by atoms with Crippen LogP contribution in [0.1, 0.15) is 28.6 Å². The van der Waals surface area contributed by atoms with Crippen molar-refractivity contribution < 1.29 is 13.9 Å². The van der Waals surface area contributed by atoms with Crippen LogP contribution in [0.25, 0.3) is 11.5 Å². The lowest BCUT2D eigenvalue weighted by molar-refractivity contribution is 0.0414. The molecule has 3 aromatic rings. The van der Waals surface area contributed by atoms with Gasteiger partial charge in [0, 0.05) is 25.6 Å². The van der Waals surface area contributed by atoms with E-state index in [-0.39, 0.29) is 22.2 Å². The molecule has 1 aromatic carbocycles. The highest BCUT2D eigenvalue weighted by Crippen LogP contribution is 2.32. The van der Waals surface area contributed by atoms with Gasteiger partial charge in [-0.05, 0) is 18.6 Å². The van der Waals surface area contributed by atoms with Crippen molar-refractivity contribution in [3.8, 4) is 11.5 Å². The highest BCUT2D eigenvalue weighted by molar-refractivity contribution is 7.07. The fourth-order valence-electron chi connectivity index (χ4n) is 3.20. The molecule has 1 amide bonds. The highest BCUT2D eigenvalue weighted by Gasteiger charge is 2.31. The summed E-state index contributed by atoms with van der Waals surface area (Å²) in [5.74, 6) is 0.137. The number of halogens is 3. The number of carbonyl (C=O) groups excluding carboxylic acids is 1. The zero-order chi connectivity index (χ0) is 20.5. The second-order valence-corrected chi connectivity index (χ2v) is 7.96. The summed E-state index contributed by atoms with van der Waals surface area (Å²) in [7, 11) is 1.62. The minimum absolute atomic E-state index is 0.105. The predicted molar refractivity (Wildman–Crippen MR) is 108 cm³/mol. The quantitative estimate of drug-likeness (QED) is 0.556. The van der Waals surface area contributed by atoms with E-state index >= 15 is 0 Å². The summed E-state index contributed by atoms with van der Waals surface area (Å²) in [6, 6.07) is 1.92. The van der Waals surface area contributed by atoms with Crippen LogP contribution in [0.15, 0.2) is 23.0 Å². The van der Waals surface area contributed by atoms with Gasteiger partial charge in [0.15, 0.2) is 11.6 Å². The molecule has 0 fully saturated rings. The van der Waals surface area contributed by atoms with Gasteiger partial charge in [0.2, 0.25) is 0 Å². The SMILES string of the molecule is CN(C(=O)c1ccc(F)c(Cl)c1Cl)[C@@H]1COCCCn2c(-c3cscn3)nnc21. The molecule has 1 aliphatic rings. The van der Waals surface area contributed by atoms with Crippen LogP contribution in [0.2, 0.25) is 10.0 Å². The molecule has 0 bridgehead atoms. The molecule has 1 aliphatic heterocycles. The third kappa shape index (κ3) is 3.75. The fraction of sp³-hybridized carbons (Fsp3) is 0.333. The number of amides is 1. The number of likely N-dealkylation sites (N-methyl/N-ethyl adjacent to an activating group) is 1. The Bertz CT molecular complexity index is 1040. The minimum atomic E-state index is -0.683. The molecule has 0 unspecified atom stereocenters. The molecular weight excluding hydrogens is 440 g/mol. The summed E-state index contributed by atoms with van der Waals surface area (Å²) < 4.78 is 21.3. The molecule has 0 spiro atoms. The van der Waals surface area contributed by atoms with Gasteiger partial charge in [-0.1, -0.05) is 23.2 Å². The maximum absolute atomic E-state index is 13.6. The highest BCUT2D eigenvalue weighted by atomic mass is 35.5. The number of hydrogen-bond acceptors (Lipinski definition) is 6. The zero-order valence-corrected chi connectivity index (χ0v) is 17.6. The summed E-state index contributed by atoms with van der Waals surface area (Å²) in [4.78, 5) is 18.9. The van der Waals surface area contributed by atoms with Crippen molar-refractivity contribution in [2.75, 3.05) is 20.3 Å². The van der Waals surface area contributed by atoms with Gasteiger partial charge in [0.25, 0.3) is 5.91 Å². The average Bonchev–Trinajstić information content (AvgIpc) is 3.35. The Hall–Kier alpha value is -2.07. The molecule has 11 heteroatoms. The monoisotopic (exact) mass is 455 g/mol. The van der Waals surface area contributed by atoms with Crippen LogP contribution in [-0.4, -0.2) is 50.8 Å². The maximum atomic E-state index is 13.6. The van der Waals surface area contributed by atoms with Crippen LogP contribution in [0.5, 0.6) is 0 Å². The Morgan fingerprint density at radius 2 is 2.17 bits per heavy atom. The maximum Gasteiger partial charge on any atom is 0.255 e. The third-order valence-corrected chi connectivity index (χ3v) is 6.18. The third-order valence-electron chi connectivity index (χ3n) is 4.74. The van der Waals surface area contributed by atoms with Gasteiger partial charge < -0.3 is 14.2 Å². The number of hydrogen-bond donors (Lipinski definition) is 0. The van der Waals surface area contributed by atoms with Gasteiger partial charge in [-0.2, -0.15) is 0 Å². The number of aromatic nitrogens is 4. The van der Waals surface area contributed by atoms with E-state index in [4.69, 9.17) is 27.9 Å². The van der Waals surface area contributed by atoms with Gasteiger partial charge >= 0.3 is 0 Å². The van der Waals surface area contributed by atoms with Crippen molar-refractivity contribution in [3.63, 3.8) is 0 Å². The van der Waals surface area contributed by atoms with Crippen LogP contribution in [0.3, 0.4) is 0 Å². The molecule has 0 aliphatic carbocycles. The normalized spacial score (nSPS) is 16.8. The molecule has 4 rings (SSSR count). The molecule has 3 heterocycles. The van der Waals surface area contributed by atoms with E-state index in [1.165, 1.54) is 22.3 Å². The molecular formula is C18H16Cl2FN5O2S. The van der Waals surface area contributed by atoms with Gasteiger partial charge in [-0.15, -0.1) is 21.5 Å². The van der Waals surface area contributed by atoms with Crippen LogP contribution in [0, 0.1) is 5.82 Å². The standard InChI is InChI=1S/C18H16Cl2FN5O2S/c1-25(18(27)10-3-4-11(21)15(20)14(10)19)13-7-28-6-2-5-26-16(23-24-17(13)26)12-8-29-9-22-12/h3-4,8-9,13H,2,5-7H2,1H3/t13-/m1/s1. The number of ether oxygens (including phenoxy) is 1. The molecule has 1 atom stereocenters. The number of carbonyl (C=O) groups is 1. The van der Waals surface area contributed by atoms with Gasteiger partial charge in [-0.3, -0.25) is 4.79 Å². The van der Waals surface area contributed by atoms with E-state index in [0.717, 1.165) is 18.2 Å². The average molecular weight is 456 g/mol. The minimum Gasteiger partial charge on any atom is -0.379 e. The van der Waals surface area contributed by atoms with E-state index in [9.17, 15) is 9.18 Å². The summed E-state index contributed by atoms with van der Waals surface area (Å²) in [5.41, 5.74) is 2.57. The van der Waals surface area contributed by atoms with Gasteiger partial charge in [0.1, 0.15) is 17.6 Å². The Morgan fingerprint density at radius 1 is 1.34 bits per heavy atom. The van der Waals surface area contributed by atoms with Gasteiger partial charge in [-0.25, -0.2) is 9.37 Å². The van der Waals surface area contributed by atoms with Crippen molar-refractivity contribution in [3.05, 3.63) is 50.3 Å². The van der Waals surface area contributed by atoms with Crippen molar-refractivity contribution in [2.45, 2.75) is 19.0 Å². The number of rotatable bonds is 3. The summed E-state index contributed by atoms with van der Waals surface area (Å²) in [6.45, 7) is 1.41. The number of benzene rings is 1. The molecule has 0 saturated heterocycles. The van der Waals surface area contributed by atoms with E-state index in [2.05, 4.69) is 15.2 Å². The van der Waals surface area contributed by atoms with Crippen LogP contribution < -0.4 is 0 Å². The first-order valence-electron chi connectivity index (χ1n) is 8.79. The molecule has 0 saturated carbocycles. The first-order chi connectivity index (χ1) is 14.0. The first-order valence-corrected chi connectivity index (χ1v) is 10.5. The van der Waals surface area contributed by atoms with Crippen LogP contribution in [0.4, 0.5) is 4.39 Å². The number of nitrogens with zero attached hydrogens (tertiary/aromatic N) is 5. The van der Waals surface area contributed by atoms with E-state index in [1.54, 1.807) is 12.6 Å². The van der Waals surface area contributed by atoms with Crippen LogP contribution in [-0.2, 0) is 11.3 Å². The lowest BCUT2D eigenvalue weighted by atomic mass is 10.1. The van der Waals surface area contributed by atoms with E-state index in [0.29, 0.717) is 24.8 Å². The Kier molecular flexibility index (Phi) is 5.82. The zero-order valence-electron chi connectivity index (χ0n) is 15.3. The Labute approximate surface area is 180 Å². The molecule has 0 radical (unpaired) electrons. The number of fused-ring (bicyclic) bond motifs is 1. The second-order valence-electron chi connectivity index (χ2n) is 6.49. The van der Waals surface area contributed by atoms with E-state index < -0.39 is 17.8 Å². The largest absolute Gasteiger partial charge is 0.379 e. The smallest absolute Gasteiger partial charge is 0.255 e. The lowest BCUT2D eigenvalue weighted by Gasteiger charge is -2.30. The first kappa shape index (κ1) is 20.2. The predicted octanol–water partition coefficient (Wildman–Crippen LogP) is 4.08. The lowest BCUT2D eigenvalue weighted by Crippen LogP contribution is -2.37. The number of thiazole rings is 1. The van der Waals surface area contributed by atoms with Crippen molar-refractivity contribution in [1.29, 1.82) is 0 Å². The van der Waals surface area contributed by atoms with Crippen molar-refractivity contribution in [2.24, 2.45) is 0 Å². The Morgan fingerprint density at radius 3 is 2.93 bits per heavy atom. The summed E-state index contributed by atoms with van der Waals surface area (Å²) >= 11 is 13.5. The second kappa shape index (κ2) is 8.35. The summed E-state index contributed by atoms with van der Waals surface area (Å²) in [6.07, 6.45) is 0.784. The molecule has 152 valence electrons. The Balaban J connectivity index is 1.71. The van der Waals surface area contributed by atoms with Gasteiger partial charge in [0.05, 0.1) is 27.7 Å². The molecule has 29 heavy (non-hydrogen) atoms. The summed E-state index contributed by atoms with van der Waals surface area (Å²) in [5, 5.41) is 10.1.